The van der Waals surface area contributed by atoms with Crippen molar-refractivity contribution >= 4 is 22.9 Å². The van der Waals surface area contributed by atoms with Gasteiger partial charge in [-0.15, -0.1) is 11.3 Å². The highest BCUT2D eigenvalue weighted by atomic mass is 32.1. The van der Waals surface area contributed by atoms with Crippen molar-refractivity contribution < 1.29 is 9.53 Å². The zero-order valence-electron chi connectivity index (χ0n) is 10.7. The van der Waals surface area contributed by atoms with Gasteiger partial charge < -0.3 is 15.8 Å². The van der Waals surface area contributed by atoms with Gasteiger partial charge in [0.05, 0.1) is 13.2 Å². The number of carbonyl (C=O) groups excluding carboxylic acids is 1. The van der Waals surface area contributed by atoms with Crippen molar-refractivity contribution in [3.05, 3.63) is 40.3 Å². The third kappa shape index (κ3) is 3.23. The van der Waals surface area contributed by atoms with Gasteiger partial charge in [-0.05, 0) is 19.1 Å². The highest BCUT2D eigenvalue weighted by Crippen LogP contribution is 2.20. The van der Waals surface area contributed by atoms with Crippen molar-refractivity contribution in [3.8, 4) is 5.75 Å². The van der Waals surface area contributed by atoms with Crippen molar-refractivity contribution in [1.29, 1.82) is 0 Å². The van der Waals surface area contributed by atoms with Gasteiger partial charge in [-0.2, -0.15) is 0 Å². The number of anilines is 1. The van der Waals surface area contributed by atoms with Crippen LogP contribution in [0.5, 0.6) is 5.75 Å². The molecular weight excluding hydrogens is 262 g/mol. The number of ether oxygens (including phenoxy) is 1. The van der Waals surface area contributed by atoms with Gasteiger partial charge in [-0.25, -0.2) is 4.98 Å². The fourth-order valence-electron chi connectivity index (χ4n) is 1.66. The largest absolute Gasteiger partial charge is 0.497 e. The predicted molar refractivity (Wildman–Crippen MR) is 75.4 cm³/mol. The van der Waals surface area contributed by atoms with Gasteiger partial charge in [0.1, 0.15) is 10.8 Å². The number of rotatable bonds is 4. The molecule has 1 atom stereocenters. The van der Waals surface area contributed by atoms with E-state index < -0.39 is 0 Å². The number of hydrogen-bond donors (Lipinski definition) is 2. The number of nitrogens with two attached hydrogens (primary N) is 1. The molecule has 0 spiro atoms. The summed E-state index contributed by atoms with van der Waals surface area (Å²) in [5, 5.41) is 5.62. The van der Waals surface area contributed by atoms with Crippen LogP contribution in [-0.2, 0) is 0 Å². The molecule has 0 fully saturated rings. The number of hydrogen-bond acceptors (Lipinski definition) is 5. The summed E-state index contributed by atoms with van der Waals surface area (Å²) in [6.07, 6.45) is 1.71. The van der Waals surface area contributed by atoms with Crippen LogP contribution in [-0.4, -0.2) is 18.0 Å². The number of nitrogens with one attached hydrogen (secondary N) is 1. The standard InChI is InChI=1S/C13H15N3O2S/c1-8(13-15-3-4-19-13)16-12(17)9-5-10(14)7-11(6-9)18-2/h3-8H,14H2,1-2H3,(H,16,17). The lowest BCUT2D eigenvalue weighted by atomic mass is 10.1. The number of amides is 1. The molecule has 0 radical (unpaired) electrons. The Hall–Kier alpha value is -2.08. The van der Waals surface area contributed by atoms with Gasteiger partial charge in [0.15, 0.2) is 0 Å². The molecule has 0 aliphatic carbocycles. The Morgan fingerprint density at radius 2 is 2.26 bits per heavy atom. The van der Waals surface area contributed by atoms with Gasteiger partial charge in [0.25, 0.3) is 5.91 Å². The quantitative estimate of drug-likeness (QED) is 0.840. The molecule has 2 aromatic rings. The third-order valence-electron chi connectivity index (χ3n) is 2.60. The van der Waals surface area contributed by atoms with Crippen LogP contribution in [0.4, 0.5) is 5.69 Å². The van der Waals surface area contributed by atoms with E-state index in [0.29, 0.717) is 17.0 Å². The van der Waals surface area contributed by atoms with E-state index in [0.717, 1.165) is 5.01 Å². The van der Waals surface area contributed by atoms with Crippen molar-refractivity contribution in [2.24, 2.45) is 0 Å². The maximum atomic E-state index is 12.1. The van der Waals surface area contributed by atoms with Crippen LogP contribution in [0.15, 0.2) is 29.8 Å². The zero-order valence-corrected chi connectivity index (χ0v) is 11.5. The van der Waals surface area contributed by atoms with E-state index in [9.17, 15) is 4.79 Å². The molecule has 1 heterocycles. The van der Waals surface area contributed by atoms with Crippen molar-refractivity contribution in [2.75, 3.05) is 12.8 Å². The molecule has 1 unspecified atom stereocenters. The smallest absolute Gasteiger partial charge is 0.252 e. The first-order valence-corrected chi connectivity index (χ1v) is 6.63. The van der Waals surface area contributed by atoms with Gasteiger partial charge in [0, 0.05) is 28.9 Å². The minimum absolute atomic E-state index is 0.139. The molecule has 6 heteroatoms. The van der Waals surface area contributed by atoms with Crippen LogP contribution in [0.25, 0.3) is 0 Å². The number of benzene rings is 1. The second kappa shape index (κ2) is 5.71. The van der Waals surface area contributed by atoms with E-state index in [1.54, 1.807) is 24.4 Å². The molecule has 100 valence electrons. The van der Waals surface area contributed by atoms with Crippen molar-refractivity contribution in [1.82, 2.24) is 10.3 Å². The molecule has 5 nitrogen and oxygen atoms in total. The molecule has 0 saturated heterocycles. The van der Waals surface area contributed by atoms with E-state index in [4.69, 9.17) is 10.5 Å². The lowest BCUT2D eigenvalue weighted by Crippen LogP contribution is -2.26. The van der Waals surface area contributed by atoms with Crippen molar-refractivity contribution in [3.63, 3.8) is 0 Å². The Morgan fingerprint density at radius 3 is 2.89 bits per heavy atom. The Bertz CT molecular complexity index is 569. The third-order valence-corrected chi connectivity index (χ3v) is 3.55. The molecule has 0 saturated carbocycles. The van der Waals surface area contributed by atoms with E-state index >= 15 is 0 Å². The Morgan fingerprint density at radius 1 is 1.47 bits per heavy atom. The molecular formula is C13H15N3O2S. The van der Waals surface area contributed by atoms with Gasteiger partial charge >= 0.3 is 0 Å². The number of thiazole rings is 1. The molecule has 2 rings (SSSR count). The molecule has 0 bridgehead atoms. The minimum atomic E-state index is -0.201. The van der Waals surface area contributed by atoms with E-state index in [1.807, 2.05) is 12.3 Å². The van der Waals surface area contributed by atoms with Crippen LogP contribution >= 0.6 is 11.3 Å². The lowest BCUT2D eigenvalue weighted by Gasteiger charge is -2.12. The highest BCUT2D eigenvalue weighted by Gasteiger charge is 2.14. The fourth-order valence-corrected chi connectivity index (χ4v) is 2.31. The maximum absolute atomic E-state index is 12.1. The number of carbonyl (C=O) groups is 1. The van der Waals surface area contributed by atoms with Crippen LogP contribution in [0.1, 0.15) is 28.3 Å². The average Bonchev–Trinajstić information content (AvgIpc) is 2.91. The van der Waals surface area contributed by atoms with E-state index in [1.165, 1.54) is 18.4 Å². The normalized spacial score (nSPS) is 11.9. The minimum Gasteiger partial charge on any atom is -0.497 e. The van der Waals surface area contributed by atoms with Gasteiger partial charge in [-0.3, -0.25) is 4.79 Å². The first-order chi connectivity index (χ1) is 9.10. The maximum Gasteiger partial charge on any atom is 0.252 e. The summed E-state index contributed by atoms with van der Waals surface area (Å²) in [5.41, 5.74) is 6.69. The van der Waals surface area contributed by atoms with Crippen LogP contribution < -0.4 is 15.8 Å². The molecule has 0 aliphatic heterocycles. The fraction of sp³-hybridized carbons (Fsp3) is 0.231. The topological polar surface area (TPSA) is 77.2 Å². The Balaban J connectivity index is 2.13. The van der Waals surface area contributed by atoms with Gasteiger partial charge in [0.2, 0.25) is 0 Å². The number of aromatic nitrogens is 1. The summed E-state index contributed by atoms with van der Waals surface area (Å²) in [6.45, 7) is 1.89. The van der Waals surface area contributed by atoms with Gasteiger partial charge in [-0.1, -0.05) is 0 Å². The molecule has 1 aromatic heterocycles. The van der Waals surface area contributed by atoms with Crippen LogP contribution in [0.3, 0.4) is 0 Å². The molecule has 0 aliphatic rings. The summed E-state index contributed by atoms with van der Waals surface area (Å²) in [5.74, 6) is 0.361. The summed E-state index contributed by atoms with van der Waals surface area (Å²) in [7, 11) is 1.54. The SMILES string of the molecule is COc1cc(N)cc(C(=O)NC(C)c2nccs2)c1. The summed E-state index contributed by atoms with van der Waals surface area (Å²) in [4.78, 5) is 16.3. The number of nitrogens with zero attached hydrogens (tertiary/aromatic N) is 1. The summed E-state index contributed by atoms with van der Waals surface area (Å²) < 4.78 is 5.09. The first-order valence-electron chi connectivity index (χ1n) is 5.75. The monoisotopic (exact) mass is 277 g/mol. The summed E-state index contributed by atoms with van der Waals surface area (Å²) >= 11 is 1.50. The van der Waals surface area contributed by atoms with Crippen molar-refractivity contribution in [2.45, 2.75) is 13.0 Å². The van der Waals surface area contributed by atoms with Crippen LogP contribution in [0.2, 0.25) is 0 Å². The Kier molecular flexibility index (Phi) is 4.01. The molecule has 19 heavy (non-hydrogen) atoms. The van der Waals surface area contributed by atoms with Crippen LogP contribution in [0, 0.1) is 0 Å². The molecule has 3 N–H and O–H groups in total. The number of methoxy groups -OCH3 is 1. The second-order valence-corrected chi connectivity index (χ2v) is 4.99. The first kappa shape index (κ1) is 13.4. The molecule has 1 aromatic carbocycles. The Labute approximate surface area is 115 Å². The molecule has 1 amide bonds. The van der Waals surface area contributed by atoms with E-state index in [-0.39, 0.29) is 11.9 Å². The average molecular weight is 277 g/mol. The predicted octanol–water partition coefficient (Wildman–Crippen LogP) is 2.22. The zero-order chi connectivity index (χ0) is 13.8. The highest BCUT2D eigenvalue weighted by molar-refractivity contribution is 7.09. The summed E-state index contributed by atoms with van der Waals surface area (Å²) in [6, 6.07) is 4.80. The lowest BCUT2D eigenvalue weighted by molar-refractivity contribution is 0.0939. The second-order valence-electron chi connectivity index (χ2n) is 4.06. The van der Waals surface area contributed by atoms with E-state index in [2.05, 4.69) is 10.3 Å². The number of nitrogen functional groups attached to an aromatic ring is 1.